The summed E-state index contributed by atoms with van der Waals surface area (Å²) in [6, 6.07) is 12.6. The Bertz CT molecular complexity index is 1330. The first-order chi connectivity index (χ1) is 16.0. The van der Waals surface area contributed by atoms with Crippen molar-refractivity contribution in [1.82, 2.24) is 25.1 Å². The lowest BCUT2D eigenvalue weighted by Gasteiger charge is -2.37. The number of nitrogens with one attached hydrogen (secondary N) is 2. The summed E-state index contributed by atoms with van der Waals surface area (Å²) in [6.07, 6.45) is 3.05. The third-order valence-electron chi connectivity index (χ3n) is 6.20. The largest absolute Gasteiger partial charge is 0.443 e. The maximum Gasteiger partial charge on any atom is 0.317 e. The SMILES string of the molecule is CN(C(=O)NCc1cc2cc(Cl)ccc2[nH]1)[C@@H]1CCCN(C(=O)c2ccc3ocnc3c2)C1. The Morgan fingerprint density at radius 1 is 1.27 bits per heavy atom. The number of fused-ring (bicyclic) bond motifs is 2. The Kier molecular flexibility index (Phi) is 5.68. The zero-order chi connectivity index (χ0) is 22.9. The first-order valence-corrected chi connectivity index (χ1v) is 11.3. The quantitative estimate of drug-likeness (QED) is 0.466. The molecule has 0 bridgehead atoms. The van der Waals surface area contributed by atoms with E-state index in [9.17, 15) is 9.59 Å². The molecule has 3 heterocycles. The maximum atomic E-state index is 13.1. The van der Waals surface area contributed by atoms with E-state index in [1.54, 1.807) is 35.0 Å². The fraction of sp³-hybridized carbons (Fsp3) is 0.292. The lowest BCUT2D eigenvalue weighted by molar-refractivity contribution is 0.0636. The van der Waals surface area contributed by atoms with Gasteiger partial charge in [0.15, 0.2) is 12.0 Å². The van der Waals surface area contributed by atoms with E-state index in [4.69, 9.17) is 16.0 Å². The van der Waals surface area contributed by atoms with Crippen LogP contribution in [0.25, 0.3) is 22.0 Å². The van der Waals surface area contributed by atoms with Gasteiger partial charge in [0.05, 0.1) is 12.6 Å². The van der Waals surface area contributed by atoms with E-state index in [2.05, 4.69) is 15.3 Å². The van der Waals surface area contributed by atoms with Gasteiger partial charge in [0, 0.05) is 47.3 Å². The number of likely N-dealkylation sites (N-methyl/N-ethyl adjacent to an activating group) is 1. The Labute approximate surface area is 195 Å². The van der Waals surface area contributed by atoms with Crippen molar-refractivity contribution in [2.24, 2.45) is 0 Å². The number of hydrogen-bond donors (Lipinski definition) is 2. The summed E-state index contributed by atoms with van der Waals surface area (Å²) >= 11 is 6.05. The molecular weight excluding hydrogens is 442 g/mol. The number of aromatic amines is 1. The third-order valence-corrected chi connectivity index (χ3v) is 6.43. The van der Waals surface area contributed by atoms with Crippen molar-refractivity contribution in [1.29, 1.82) is 0 Å². The Balaban J connectivity index is 1.20. The fourth-order valence-electron chi connectivity index (χ4n) is 4.35. The lowest BCUT2D eigenvalue weighted by atomic mass is 10.0. The molecule has 2 N–H and O–H groups in total. The smallest absolute Gasteiger partial charge is 0.317 e. The number of likely N-dealkylation sites (tertiary alicyclic amines) is 1. The zero-order valence-electron chi connectivity index (χ0n) is 18.2. The number of nitrogens with zero attached hydrogens (tertiary/aromatic N) is 3. The molecular formula is C24H24ClN5O3. The van der Waals surface area contributed by atoms with Crippen LogP contribution in [0.1, 0.15) is 28.9 Å². The highest BCUT2D eigenvalue weighted by atomic mass is 35.5. The van der Waals surface area contributed by atoms with Gasteiger partial charge in [0.1, 0.15) is 5.52 Å². The van der Waals surface area contributed by atoms with Gasteiger partial charge in [-0.1, -0.05) is 11.6 Å². The van der Waals surface area contributed by atoms with E-state index >= 15 is 0 Å². The van der Waals surface area contributed by atoms with Gasteiger partial charge in [-0.15, -0.1) is 0 Å². The number of H-pyrrole nitrogens is 1. The van der Waals surface area contributed by atoms with Gasteiger partial charge in [-0.25, -0.2) is 9.78 Å². The van der Waals surface area contributed by atoms with E-state index in [1.807, 2.05) is 24.3 Å². The minimum Gasteiger partial charge on any atom is -0.443 e. The van der Waals surface area contributed by atoms with Crippen LogP contribution in [-0.2, 0) is 6.54 Å². The van der Waals surface area contributed by atoms with E-state index < -0.39 is 0 Å². The van der Waals surface area contributed by atoms with Gasteiger partial charge < -0.3 is 24.5 Å². The molecule has 0 spiro atoms. The maximum absolute atomic E-state index is 13.1. The van der Waals surface area contributed by atoms with Crippen molar-refractivity contribution in [3.05, 3.63) is 65.1 Å². The number of urea groups is 1. The van der Waals surface area contributed by atoms with Crippen LogP contribution in [0.2, 0.25) is 5.02 Å². The van der Waals surface area contributed by atoms with Crippen molar-refractivity contribution in [3.63, 3.8) is 0 Å². The van der Waals surface area contributed by atoms with Crippen LogP contribution in [0.15, 0.2) is 53.3 Å². The Morgan fingerprint density at radius 3 is 3.03 bits per heavy atom. The van der Waals surface area contributed by atoms with Crippen molar-refractivity contribution >= 4 is 45.5 Å². The van der Waals surface area contributed by atoms with Gasteiger partial charge in [-0.05, 0) is 55.3 Å². The molecule has 9 heteroatoms. The summed E-state index contributed by atoms with van der Waals surface area (Å²) in [7, 11) is 1.78. The molecule has 1 atom stereocenters. The van der Waals surface area contributed by atoms with Crippen molar-refractivity contribution in [2.45, 2.75) is 25.4 Å². The van der Waals surface area contributed by atoms with Crippen molar-refractivity contribution in [2.75, 3.05) is 20.1 Å². The second-order valence-electron chi connectivity index (χ2n) is 8.38. The summed E-state index contributed by atoms with van der Waals surface area (Å²) in [5.74, 6) is -0.0601. The Hall–Kier alpha value is -3.52. The fourth-order valence-corrected chi connectivity index (χ4v) is 4.53. The average Bonchev–Trinajstić information content (AvgIpc) is 3.47. The van der Waals surface area contributed by atoms with Gasteiger partial charge in [-0.3, -0.25) is 4.79 Å². The molecule has 5 rings (SSSR count). The molecule has 0 saturated carbocycles. The standard InChI is InChI=1S/C24H24ClN5O3/c1-29(24(32)26-12-18-10-16-9-17(25)5-6-20(16)28-18)19-3-2-8-30(13-19)23(31)15-4-7-22-21(11-15)27-14-33-22/h4-7,9-11,14,19,28H,2-3,8,12-13H2,1H3,(H,26,32)/t19-/m1/s1. The topological polar surface area (TPSA) is 94.5 Å². The number of amides is 3. The normalized spacial score (nSPS) is 16.3. The van der Waals surface area contributed by atoms with Crippen LogP contribution in [-0.4, -0.2) is 57.9 Å². The highest BCUT2D eigenvalue weighted by molar-refractivity contribution is 6.31. The zero-order valence-corrected chi connectivity index (χ0v) is 18.9. The molecule has 1 aliphatic heterocycles. The summed E-state index contributed by atoms with van der Waals surface area (Å²) in [4.78, 5) is 36.8. The molecule has 2 aromatic carbocycles. The van der Waals surface area contributed by atoms with E-state index in [0.717, 1.165) is 29.4 Å². The van der Waals surface area contributed by atoms with Crippen LogP contribution >= 0.6 is 11.6 Å². The predicted molar refractivity (Wildman–Crippen MR) is 126 cm³/mol. The summed E-state index contributed by atoms with van der Waals surface area (Å²) in [5, 5.41) is 4.65. The second kappa shape index (κ2) is 8.78. The van der Waals surface area contributed by atoms with Crippen LogP contribution in [0.4, 0.5) is 4.79 Å². The first-order valence-electron chi connectivity index (χ1n) is 10.9. The molecule has 0 radical (unpaired) electrons. The van der Waals surface area contributed by atoms with E-state index in [1.165, 1.54) is 6.39 Å². The number of carbonyl (C=O) groups is 2. The van der Waals surface area contributed by atoms with Gasteiger partial charge in [-0.2, -0.15) is 0 Å². The number of aromatic nitrogens is 2. The van der Waals surface area contributed by atoms with Crippen LogP contribution in [0.3, 0.4) is 0 Å². The third kappa shape index (κ3) is 4.39. The molecule has 1 aliphatic rings. The van der Waals surface area contributed by atoms with Gasteiger partial charge >= 0.3 is 6.03 Å². The number of benzene rings is 2. The van der Waals surface area contributed by atoms with Gasteiger partial charge in [0.25, 0.3) is 5.91 Å². The van der Waals surface area contributed by atoms with Crippen molar-refractivity contribution in [3.8, 4) is 0 Å². The number of oxazole rings is 1. The van der Waals surface area contributed by atoms with Crippen LogP contribution in [0.5, 0.6) is 0 Å². The number of halogens is 1. The molecule has 0 aliphatic carbocycles. The molecule has 1 saturated heterocycles. The molecule has 4 aromatic rings. The van der Waals surface area contributed by atoms with Crippen molar-refractivity contribution < 1.29 is 14.0 Å². The summed E-state index contributed by atoms with van der Waals surface area (Å²) < 4.78 is 5.25. The molecule has 8 nitrogen and oxygen atoms in total. The number of rotatable bonds is 4. The summed E-state index contributed by atoms with van der Waals surface area (Å²) in [5.41, 5.74) is 3.76. The molecule has 3 amide bonds. The number of hydrogen-bond acceptors (Lipinski definition) is 4. The first kappa shape index (κ1) is 21.3. The molecule has 33 heavy (non-hydrogen) atoms. The minimum absolute atomic E-state index is 0.0556. The lowest BCUT2D eigenvalue weighted by Crippen LogP contribution is -2.52. The highest BCUT2D eigenvalue weighted by Crippen LogP contribution is 2.22. The monoisotopic (exact) mass is 465 g/mol. The molecule has 0 unspecified atom stereocenters. The minimum atomic E-state index is -0.171. The number of carbonyl (C=O) groups excluding carboxylic acids is 2. The predicted octanol–water partition coefficient (Wildman–Crippen LogP) is 4.41. The number of piperidine rings is 1. The van der Waals surface area contributed by atoms with Gasteiger partial charge in [0.2, 0.25) is 0 Å². The molecule has 1 fully saturated rings. The molecule has 2 aromatic heterocycles. The second-order valence-corrected chi connectivity index (χ2v) is 8.81. The summed E-state index contributed by atoms with van der Waals surface area (Å²) in [6.45, 7) is 1.53. The molecule has 170 valence electrons. The van der Waals surface area contributed by atoms with Crippen LogP contribution < -0.4 is 5.32 Å². The highest BCUT2D eigenvalue weighted by Gasteiger charge is 2.29. The Morgan fingerprint density at radius 2 is 2.15 bits per heavy atom. The van der Waals surface area contributed by atoms with Crippen LogP contribution in [0, 0.1) is 0 Å². The van der Waals surface area contributed by atoms with E-state index in [0.29, 0.717) is 41.3 Å². The average molecular weight is 466 g/mol. The van der Waals surface area contributed by atoms with E-state index in [-0.39, 0.29) is 18.0 Å².